The number of carbonyl (C=O) groups is 1. The van der Waals surface area contributed by atoms with E-state index in [1.807, 2.05) is 11.8 Å². The molecule has 0 saturated heterocycles. The van der Waals surface area contributed by atoms with Gasteiger partial charge in [0.25, 0.3) is 0 Å². The minimum Gasteiger partial charge on any atom is -0.339 e. The number of urea groups is 1. The number of nitrogens with one attached hydrogen (secondary N) is 2. The molecule has 0 spiro atoms. The summed E-state index contributed by atoms with van der Waals surface area (Å²) in [5.74, 6) is 1.28. The summed E-state index contributed by atoms with van der Waals surface area (Å²) < 4.78 is 5.01. The average Bonchev–Trinajstić information content (AvgIpc) is 3.04. The first kappa shape index (κ1) is 15.2. The maximum atomic E-state index is 11.7. The van der Waals surface area contributed by atoms with Crippen molar-refractivity contribution in [2.24, 2.45) is 0 Å². The molecule has 0 radical (unpaired) electrons. The summed E-state index contributed by atoms with van der Waals surface area (Å²) in [4.78, 5) is 15.8. The quantitative estimate of drug-likeness (QED) is 0.784. The van der Waals surface area contributed by atoms with Crippen molar-refractivity contribution >= 4 is 17.8 Å². The summed E-state index contributed by atoms with van der Waals surface area (Å²) >= 11 is 1.89. The summed E-state index contributed by atoms with van der Waals surface area (Å²) in [6.07, 6.45) is 6.98. The van der Waals surface area contributed by atoms with E-state index in [9.17, 15) is 4.79 Å². The first-order valence-corrected chi connectivity index (χ1v) is 8.32. The molecule has 6 nitrogen and oxygen atoms in total. The lowest BCUT2D eigenvalue weighted by Gasteiger charge is -2.13. The van der Waals surface area contributed by atoms with Crippen LogP contribution in [0, 0.1) is 6.92 Å². The lowest BCUT2D eigenvalue weighted by Crippen LogP contribution is -2.41. The van der Waals surface area contributed by atoms with Crippen molar-refractivity contribution in [3.63, 3.8) is 0 Å². The standard InChI is InChI=1S/C13H22N4O2S/c1-9-15-12(19-17-9)4-3-7-14-13(18)16-10-5-6-11(8-10)20-2/h10-11H,3-8H2,1-2H3,(H2,14,16,18)/t10-,11+/m0/s1. The molecule has 1 aliphatic carbocycles. The van der Waals surface area contributed by atoms with E-state index in [0.29, 0.717) is 36.0 Å². The Morgan fingerprint density at radius 3 is 3.00 bits per heavy atom. The zero-order valence-corrected chi connectivity index (χ0v) is 12.8. The van der Waals surface area contributed by atoms with Crippen molar-refractivity contribution in [3.8, 4) is 0 Å². The second-order valence-electron chi connectivity index (χ2n) is 5.11. The fourth-order valence-corrected chi connectivity index (χ4v) is 3.20. The number of rotatable bonds is 6. The zero-order chi connectivity index (χ0) is 14.4. The van der Waals surface area contributed by atoms with Gasteiger partial charge < -0.3 is 15.2 Å². The predicted octanol–water partition coefficient (Wildman–Crippen LogP) is 1.89. The Labute approximate surface area is 123 Å². The van der Waals surface area contributed by atoms with Crippen LogP contribution in [-0.4, -0.2) is 40.3 Å². The van der Waals surface area contributed by atoms with Crippen molar-refractivity contribution in [1.82, 2.24) is 20.8 Å². The SMILES string of the molecule is CS[C@@H]1CC[C@H](NC(=O)NCCCc2nc(C)no2)C1. The molecule has 0 aromatic carbocycles. The van der Waals surface area contributed by atoms with Crippen LogP contribution in [-0.2, 0) is 6.42 Å². The minimum absolute atomic E-state index is 0.0709. The van der Waals surface area contributed by atoms with Gasteiger partial charge in [-0.3, -0.25) is 0 Å². The first-order valence-electron chi connectivity index (χ1n) is 7.03. The van der Waals surface area contributed by atoms with E-state index in [-0.39, 0.29) is 6.03 Å². The van der Waals surface area contributed by atoms with Crippen molar-refractivity contribution in [2.45, 2.75) is 50.3 Å². The molecule has 2 N–H and O–H groups in total. The molecule has 112 valence electrons. The van der Waals surface area contributed by atoms with Gasteiger partial charge in [0, 0.05) is 24.3 Å². The van der Waals surface area contributed by atoms with Gasteiger partial charge in [0.1, 0.15) is 0 Å². The molecule has 1 aromatic heterocycles. The summed E-state index contributed by atoms with van der Waals surface area (Å²) in [6.45, 7) is 2.41. The number of hydrogen-bond acceptors (Lipinski definition) is 5. The molecule has 0 aliphatic heterocycles. The number of aryl methyl sites for hydroxylation is 2. The second-order valence-corrected chi connectivity index (χ2v) is 6.24. The molecule has 0 bridgehead atoms. The van der Waals surface area contributed by atoms with E-state index in [2.05, 4.69) is 27.0 Å². The third-order valence-corrected chi connectivity index (χ3v) is 4.57. The van der Waals surface area contributed by atoms with Crippen molar-refractivity contribution < 1.29 is 9.32 Å². The van der Waals surface area contributed by atoms with Gasteiger partial charge in [-0.05, 0) is 38.9 Å². The molecular weight excluding hydrogens is 276 g/mol. The molecule has 0 unspecified atom stereocenters. The van der Waals surface area contributed by atoms with Crippen molar-refractivity contribution in [2.75, 3.05) is 12.8 Å². The molecule has 2 rings (SSSR count). The summed E-state index contributed by atoms with van der Waals surface area (Å²) in [6, 6.07) is 0.254. The Bertz CT molecular complexity index is 438. The Morgan fingerprint density at radius 2 is 2.35 bits per heavy atom. The molecule has 7 heteroatoms. The smallest absolute Gasteiger partial charge is 0.315 e. The third-order valence-electron chi connectivity index (χ3n) is 3.48. The van der Waals surface area contributed by atoms with Gasteiger partial charge in [-0.15, -0.1) is 0 Å². The van der Waals surface area contributed by atoms with E-state index >= 15 is 0 Å². The van der Waals surface area contributed by atoms with Gasteiger partial charge in [0.2, 0.25) is 5.89 Å². The van der Waals surface area contributed by atoms with Crippen LogP contribution in [0.2, 0.25) is 0 Å². The normalized spacial score (nSPS) is 21.9. The summed E-state index contributed by atoms with van der Waals surface area (Å²) in [7, 11) is 0. The molecule has 1 aromatic rings. The fraction of sp³-hybridized carbons (Fsp3) is 0.769. The highest BCUT2D eigenvalue weighted by molar-refractivity contribution is 7.99. The van der Waals surface area contributed by atoms with E-state index in [1.165, 1.54) is 6.42 Å². The Balaban J connectivity index is 1.56. The van der Waals surface area contributed by atoms with Crippen LogP contribution in [0.15, 0.2) is 4.52 Å². The number of hydrogen-bond donors (Lipinski definition) is 2. The number of aromatic nitrogens is 2. The Morgan fingerprint density at radius 1 is 1.50 bits per heavy atom. The van der Waals surface area contributed by atoms with Crippen LogP contribution in [0.4, 0.5) is 4.79 Å². The molecule has 1 aliphatic rings. The molecule has 2 atom stereocenters. The number of carbonyl (C=O) groups excluding carboxylic acids is 1. The zero-order valence-electron chi connectivity index (χ0n) is 12.0. The highest BCUT2D eigenvalue weighted by Crippen LogP contribution is 2.27. The monoisotopic (exact) mass is 298 g/mol. The van der Waals surface area contributed by atoms with Crippen LogP contribution in [0.25, 0.3) is 0 Å². The van der Waals surface area contributed by atoms with E-state index in [0.717, 1.165) is 19.3 Å². The molecule has 1 fully saturated rings. The molecule has 1 heterocycles. The second kappa shape index (κ2) is 7.52. The lowest BCUT2D eigenvalue weighted by atomic mass is 10.2. The highest BCUT2D eigenvalue weighted by atomic mass is 32.2. The maximum absolute atomic E-state index is 11.7. The van der Waals surface area contributed by atoms with Gasteiger partial charge in [-0.1, -0.05) is 5.16 Å². The van der Waals surface area contributed by atoms with E-state index in [1.54, 1.807) is 6.92 Å². The van der Waals surface area contributed by atoms with Gasteiger partial charge >= 0.3 is 6.03 Å². The van der Waals surface area contributed by atoms with E-state index < -0.39 is 0 Å². The van der Waals surface area contributed by atoms with Crippen LogP contribution in [0.1, 0.15) is 37.4 Å². The molecule has 1 saturated carbocycles. The van der Waals surface area contributed by atoms with Gasteiger partial charge in [-0.2, -0.15) is 16.7 Å². The Hall–Kier alpha value is -1.24. The molecule has 2 amide bonds. The van der Waals surface area contributed by atoms with Crippen LogP contribution < -0.4 is 10.6 Å². The number of amides is 2. The van der Waals surface area contributed by atoms with Gasteiger partial charge in [0.05, 0.1) is 0 Å². The van der Waals surface area contributed by atoms with Gasteiger partial charge in [-0.25, -0.2) is 4.79 Å². The third kappa shape index (κ3) is 4.70. The van der Waals surface area contributed by atoms with Crippen molar-refractivity contribution in [3.05, 3.63) is 11.7 Å². The molecular formula is C13H22N4O2S. The molecule has 20 heavy (non-hydrogen) atoms. The van der Waals surface area contributed by atoms with Crippen LogP contribution in [0.5, 0.6) is 0 Å². The van der Waals surface area contributed by atoms with Crippen LogP contribution >= 0.6 is 11.8 Å². The van der Waals surface area contributed by atoms with Crippen molar-refractivity contribution in [1.29, 1.82) is 0 Å². The number of nitrogens with zero attached hydrogens (tertiary/aromatic N) is 2. The largest absolute Gasteiger partial charge is 0.339 e. The lowest BCUT2D eigenvalue weighted by molar-refractivity contribution is 0.237. The maximum Gasteiger partial charge on any atom is 0.315 e. The minimum atomic E-state index is -0.0709. The number of thioether (sulfide) groups is 1. The van der Waals surface area contributed by atoms with E-state index in [4.69, 9.17) is 4.52 Å². The van der Waals surface area contributed by atoms with Crippen LogP contribution in [0.3, 0.4) is 0 Å². The Kier molecular flexibility index (Phi) is 5.70. The van der Waals surface area contributed by atoms with Gasteiger partial charge in [0.15, 0.2) is 5.82 Å². The predicted molar refractivity (Wildman–Crippen MR) is 78.8 cm³/mol. The first-order chi connectivity index (χ1) is 9.67. The summed E-state index contributed by atoms with van der Waals surface area (Å²) in [5.41, 5.74) is 0. The summed E-state index contributed by atoms with van der Waals surface area (Å²) in [5, 5.41) is 10.3. The average molecular weight is 298 g/mol. The fourth-order valence-electron chi connectivity index (χ4n) is 2.40. The highest BCUT2D eigenvalue weighted by Gasteiger charge is 2.24. The topological polar surface area (TPSA) is 80.0 Å².